The minimum absolute atomic E-state index is 0.0317. The van der Waals surface area contributed by atoms with Crippen molar-refractivity contribution in [2.24, 2.45) is 7.05 Å². The molecular weight excluding hydrogens is 412 g/mol. The van der Waals surface area contributed by atoms with Crippen molar-refractivity contribution in [3.63, 3.8) is 0 Å². The number of thiazole rings is 1. The summed E-state index contributed by atoms with van der Waals surface area (Å²) in [5.41, 5.74) is 1.87. The fourth-order valence-electron chi connectivity index (χ4n) is 3.67. The van der Waals surface area contributed by atoms with Gasteiger partial charge in [0.1, 0.15) is 4.83 Å². The van der Waals surface area contributed by atoms with Gasteiger partial charge in [0.2, 0.25) is 0 Å². The molecule has 0 aliphatic heterocycles. The van der Waals surface area contributed by atoms with E-state index in [4.69, 9.17) is 4.98 Å². The van der Waals surface area contributed by atoms with E-state index in [-0.39, 0.29) is 11.1 Å². The number of rotatable bonds is 3. The van der Waals surface area contributed by atoms with Gasteiger partial charge in [0, 0.05) is 34.8 Å². The number of aromatic nitrogens is 4. The van der Waals surface area contributed by atoms with Crippen LogP contribution in [-0.2, 0) is 25.6 Å². The number of thiophene rings is 1. The Labute approximate surface area is 172 Å². The van der Waals surface area contributed by atoms with E-state index < -0.39 is 0 Å². The monoisotopic (exact) mass is 430 g/mol. The van der Waals surface area contributed by atoms with Crippen molar-refractivity contribution in [2.75, 3.05) is 0 Å². The summed E-state index contributed by atoms with van der Waals surface area (Å²) in [6, 6.07) is 1.56. The van der Waals surface area contributed by atoms with Gasteiger partial charge in [-0.2, -0.15) is 0 Å². The maximum atomic E-state index is 13.0. The quantitative estimate of drug-likeness (QED) is 0.367. The van der Waals surface area contributed by atoms with E-state index in [0.717, 1.165) is 34.4 Å². The Morgan fingerprint density at radius 1 is 1.18 bits per heavy atom. The van der Waals surface area contributed by atoms with Gasteiger partial charge >= 0.3 is 0 Å². The molecule has 0 bridgehead atoms. The van der Waals surface area contributed by atoms with Crippen LogP contribution in [0.3, 0.4) is 0 Å². The molecule has 9 heteroatoms. The summed E-state index contributed by atoms with van der Waals surface area (Å²) in [6.07, 6.45) is 6.17. The summed E-state index contributed by atoms with van der Waals surface area (Å²) in [5, 5.41) is 1.47. The average molecular weight is 431 g/mol. The molecule has 0 atom stereocenters. The van der Waals surface area contributed by atoms with Crippen LogP contribution in [0.2, 0.25) is 0 Å². The molecule has 0 aromatic carbocycles. The first kappa shape index (κ1) is 18.1. The molecule has 4 aromatic rings. The third kappa shape index (κ3) is 2.92. The zero-order chi connectivity index (χ0) is 19.4. The van der Waals surface area contributed by atoms with Gasteiger partial charge in [0.05, 0.1) is 11.1 Å². The van der Waals surface area contributed by atoms with Gasteiger partial charge < -0.3 is 0 Å². The van der Waals surface area contributed by atoms with Crippen molar-refractivity contribution in [1.29, 1.82) is 0 Å². The molecule has 0 N–H and O–H groups in total. The number of hydrogen-bond donors (Lipinski definition) is 0. The lowest BCUT2D eigenvalue weighted by Gasteiger charge is -2.10. The first-order chi connectivity index (χ1) is 13.5. The van der Waals surface area contributed by atoms with Crippen molar-refractivity contribution < 1.29 is 0 Å². The van der Waals surface area contributed by atoms with Crippen LogP contribution in [0.1, 0.15) is 33.9 Å². The first-order valence-corrected chi connectivity index (χ1v) is 11.8. The van der Waals surface area contributed by atoms with E-state index in [2.05, 4.69) is 4.98 Å². The van der Waals surface area contributed by atoms with Crippen LogP contribution in [0.15, 0.2) is 27.0 Å². The molecule has 0 spiro atoms. The Hall–Kier alpha value is -1.97. The highest BCUT2D eigenvalue weighted by molar-refractivity contribution is 7.98. The highest BCUT2D eigenvalue weighted by Crippen LogP contribution is 2.34. The molecule has 0 unspecified atom stereocenters. The van der Waals surface area contributed by atoms with E-state index in [0.29, 0.717) is 21.6 Å². The molecule has 28 heavy (non-hydrogen) atoms. The van der Waals surface area contributed by atoms with E-state index >= 15 is 0 Å². The van der Waals surface area contributed by atoms with Crippen LogP contribution in [0, 0.1) is 6.92 Å². The van der Waals surface area contributed by atoms with Gasteiger partial charge in [-0.1, -0.05) is 11.8 Å². The van der Waals surface area contributed by atoms with Crippen LogP contribution < -0.4 is 11.1 Å². The molecule has 0 fully saturated rings. The molecule has 1 aliphatic rings. The van der Waals surface area contributed by atoms with Gasteiger partial charge in [-0.25, -0.2) is 9.97 Å². The van der Waals surface area contributed by atoms with Gasteiger partial charge in [-0.3, -0.25) is 18.6 Å². The SMILES string of the molecule is Cc1cn2c(=O)cc(CSc3nc4sc5c(c4c(=O)n3C)CCCC5)nc2s1. The third-order valence-electron chi connectivity index (χ3n) is 5.04. The number of hydrogen-bond acceptors (Lipinski definition) is 7. The maximum absolute atomic E-state index is 13.0. The molecule has 0 radical (unpaired) electrons. The normalized spacial score (nSPS) is 14.1. The molecule has 1 aliphatic carbocycles. The summed E-state index contributed by atoms with van der Waals surface area (Å²) < 4.78 is 3.21. The van der Waals surface area contributed by atoms with Crippen molar-refractivity contribution in [1.82, 2.24) is 18.9 Å². The molecule has 6 nitrogen and oxygen atoms in total. The van der Waals surface area contributed by atoms with Crippen LogP contribution in [-0.4, -0.2) is 18.9 Å². The Balaban J connectivity index is 1.51. The van der Waals surface area contributed by atoms with Crippen LogP contribution in [0.25, 0.3) is 15.2 Å². The minimum atomic E-state index is -0.0758. The lowest BCUT2D eigenvalue weighted by Crippen LogP contribution is -2.20. The zero-order valence-corrected chi connectivity index (χ0v) is 18.0. The molecular formula is C19H18N4O2S3. The maximum Gasteiger partial charge on any atom is 0.262 e. The lowest BCUT2D eigenvalue weighted by molar-refractivity contribution is 0.695. The van der Waals surface area contributed by atoms with Gasteiger partial charge in [-0.05, 0) is 38.2 Å². The second-order valence-electron chi connectivity index (χ2n) is 7.02. The molecule has 0 amide bonds. The summed E-state index contributed by atoms with van der Waals surface area (Å²) in [6.45, 7) is 1.96. The summed E-state index contributed by atoms with van der Waals surface area (Å²) >= 11 is 4.61. The largest absolute Gasteiger partial charge is 0.290 e. The van der Waals surface area contributed by atoms with Crippen LogP contribution in [0.4, 0.5) is 0 Å². The molecule has 4 heterocycles. The highest BCUT2D eigenvalue weighted by atomic mass is 32.2. The molecule has 0 saturated heterocycles. The fraction of sp³-hybridized carbons (Fsp3) is 0.368. The van der Waals surface area contributed by atoms with Gasteiger partial charge in [0.15, 0.2) is 10.1 Å². The number of fused-ring (bicyclic) bond motifs is 4. The van der Waals surface area contributed by atoms with E-state index in [9.17, 15) is 9.59 Å². The number of aryl methyl sites for hydroxylation is 3. The Kier molecular flexibility index (Phi) is 4.41. The number of nitrogens with zero attached hydrogens (tertiary/aromatic N) is 4. The van der Waals surface area contributed by atoms with Gasteiger partial charge in [-0.15, -0.1) is 22.7 Å². The minimum Gasteiger partial charge on any atom is -0.290 e. The summed E-state index contributed by atoms with van der Waals surface area (Å²) in [4.78, 5) is 38.5. The number of thioether (sulfide) groups is 1. The van der Waals surface area contributed by atoms with Crippen molar-refractivity contribution in [3.8, 4) is 0 Å². The Bertz CT molecular complexity index is 1350. The molecule has 4 aromatic heterocycles. The smallest absolute Gasteiger partial charge is 0.262 e. The lowest BCUT2D eigenvalue weighted by atomic mass is 9.97. The topological polar surface area (TPSA) is 69.3 Å². The average Bonchev–Trinajstić information content (AvgIpc) is 3.23. The second-order valence-corrected chi connectivity index (χ2v) is 10.3. The summed E-state index contributed by atoms with van der Waals surface area (Å²) in [5.74, 6) is 0.500. The van der Waals surface area contributed by atoms with Crippen molar-refractivity contribution >= 4 is 49.6 Å². The van der Waals surface area contributed by atoms with Gasteiger partial charge in [0.25, 0.3) is 11.1 Å². The standard InChI is InChI=1S/C19H18N4O2S3/c1-10-8-23-14(24)7-11(20-19(23)27-10)9-26-18-21-16-15(17(25)22(18)2)12-5-3-4-6-13(12)28-16/h7-8H,3-6,9H2,1-2H3. The summed E-state index contributed by atoms with van der Waals surface area (Å²) in [7, 11) is 1.78. The highest BCUT2D eigenvalue weighted by Gasteiger charge is 2.21. The Morgan fingerprint density at radius 3 is 2.86 bits per heavy atom. The van der Waals surface area contributed by atoms with Crippen molar-refractivity contribution in [3.05, 3.63) is 54.0 Å². The van der Waals surface area contributed by atoms with E-state index in [1.165, 1.54) is 40.0 Å². The van der Waals surface area contributed by atoms with Crippen LogP contribution in [0.5, 0.6) is 0 Å². The third-order valence-corrected chi connectivity index (χ3v) is 8.19. The molecule has 0 saturated carbocycles. The first-order valence-electron chi connectivity index (χ1n) is 9.14. The predicted molar refractivity (Wildman–Crippen MR) is 115 cm³/mol. The fourth-order valence-corrected chi connectivity index (χ4v) is 6.68. The molecule has 5 rings (SSSR count). The van der Waals surface area contributed by atoms with E-state index in [1.54, 1.807) is 33.4 Å². The predicted octanol–water partition coefficient (Wildman–Crippen LogP) is 3.54. The van der Waals surface area contributed by atoms with Crippen LogP contribution >= 0.6 is 34.4 Å². The Morgan fingerprint density at radius 2 is 2.00 bits per heavy atom. The van der Waals surface area contributed by atoms with Crippen molar-refractivity contribution in [2.45, 2.75) is 43.5 Å². The van der Waals surface area contributed by atoms with E-state index in [1.807, 2.05) is 13.1 Å². The second kappa shape index (κ2) is 6.82. The molecule has 144 valence electrons. The zero-order valence-electron chi connectivity index (χ0n) is 15.5.